The van der Waals surface area contributed by atoms with E-state index >= 15 is 0 Å². The smallest absolute Gasteiger partial charge is 0.238 e. The quantitative estimate of drug-likeness (QED) is 0.273. The summed E-state index contributed by atoms with van der Waals surface area (Å²) in [7, 11) is 0. The molecule has 5 rings (SSSR count). The number of hydrogen-bond donors (Lipinski definition) is 1. The molecule has 0 bridgehead atoms. The number of carbonyl (C=O) groups excluding carboxylic acids is 1. The van der Waals surface area contributed by atoms with E-state index in [0.29, 0.717) is 29.3 Å². The normalized spacial score (nSPS) is 21.7. The number of rotatable bonds is 6. The van der Waals surface area contributed by atoms with Gasteiger partial charge in [-0.25, -0.2) is 0 Å². The van der Waals surface area contributed by atoms with Crippen LogP contribution in [0.25, 0.3) is 5.57 Å². The number of aliphatic hydroxyl groups is 1. The Bertz CT molecular complexity index is 1370. The molecular weight excluding hydrogens is 500 g/mol. The Morgan fingerprint density at radius 1 is 1.16 bits per heavy atom. The van der Waals surface area contributed by atoms with E-state index in [1.54, 1.807) is 6.07 Å². The van der Waals surface area contributed by atoms with Crippen LogP contribution in [-0.2, 0) is 23.4 Å². The summed E-state index contributed by atoms with van der Waals surface area (Å²) < 4.78 is 6.89. The van der Waals surface area contributed by atoms with E-state index in [0.717, 1.165) is 64.9 Å². The first kappa shape index (κ1) is 26.4. The molecule has 2 aliphatic heterocycles. The number of pyridine rings is 1. The van der Waals surface area contributed by atoms with Crippen molar-refractivity contribution in [2.45, 2.75) is 45.3 Å². The van der Waals surface area contributed by atoms with E-state index < -0.39 is 5.60 Å². The summed E-state index contributed by atoms with van der Waals surface area (Å²) in [6, 6.07) is 17.0. The minimum atomic E-state index is -0.931. The largest absolute Gasteiger partial charge is 0.618 e. The van der Waals surface area contributed by atoms with Crippen molar-refractivity contribution in [1.82, 2.24) is 4.90 Å². The summed E-state index contributed by atoms with van der Waals surface area (Å²) in [5.41, 5.74) is 3.77. The first-order chi connectivity index (χ1) is 18.2. The maximum atomic E-state index is 12.6. The Labute approximate surface area is 228 Å². The molecule has 3 aromatic rings. The number of carbonyl (C=O) groups is 1. The second kappa shape index (κ2) is 10.5. The van der Waals surface area contributed by atoms with Gasteiger partial charge in [-0.3, -0.25) is 0 Å². The lowest BCUT2D eigenvalue weighted by atomic mass is 9.66. The predicted octanol–water partition coefficient (Wildman–Crippen LogP) is 5.05. The lowest BCUT2D eigenvalue weighted by Crippen LogP contribution is -2.55. The van der Waals surface area contributed by atoms with Crippen molar-refractivity contribution < 1.29 is 19.4 Å². The maximum Gasteiger partial charge on any atom is 0.238 e. The Hall–Kier alpha value is -3.19. The van der Waals surface area contributed by atoms with Crippen molar-refractivity contribution in [3.8, 4) is 5.75 Å². The summed E-state index contributed by atoms with van der Waals surface area (Å²) in [5.74, 6) is 0.703. The third-order valence-electron chi connectivity index (χ3n) is 8.01. The van der Waals surface area contributed by atoms with Crippen molar-refractivity contribution in [1.29, 1.82) is 0 Å². The zero-order valence-corrected chi connectivity index (χ0v) is 22.6. The molecule has 0 spiro atoms. The average molecular weight is 533 g/mol. The number of hydrogen-bond acceptors (Lipinski definition) is 5. The number of halogens is 1. The van der Waals surface area contributed by atoms with Gasteiger partial charge < -0.3 is 24.7 Å². The molecule has 1 N–H and O–H groups in total. The van der Waals surface area contributed by atoms with Gasteiger partial charge in [0.2, 0.25) is 5.69 Å². The summed E-state index contributed by atoms with van der Waals surface area (Å²) >= 11 is 6.08. The topological polar surface area (TPSA) is 76.7 Å². The molecule has 0 amide bonds. The Kier molecular flexibility index (Phi) is 7.32. The van der Waals surface area contributed by atoms with Crippen LogP contribution in [0.3, 0.4) is 0 Å². The van der Waals surface area contributed by atoms with E-state index in [2.05, 4.69) is 24.8 Å². The van der Waals surface area contributed by atoms with E-state index in [9.17, 15) is 15.1 Å². The van der Waals surface area contributed by atoms with Crippen LogP contribution in [-0.4, -0.2) is 35.9 Å². The van der Waals surface area contributed by atoms with Gasteiger partial charge in [0.05, 0.1) is 11.2 Å². The van der Waals surface area contributed by atoms with E-state index in [1.165, 1.54) is 6.20 Å². The van der Waals surface area contributed by atoms with Crippen molar-refractivity contribution in [2.24, 2.45) is 5.41 Å². The first-order valence-corrected chi connectivity index (χ1v) is 13.4. The molecule has 0 aliphatic carbocycles. The minimum Gasteiger partial charge on any atom is -0.618 e. The third-order valence-corrected chi connectivity index (χ3v) is 8.26. The third kappa shape index (κ3) is 4.96. The van der Waals surface area contributed by atoms with Crippen molar-refractivity contribution in [3.05, 3.63) is 105 Å². The highest BCUT2D eigenvalue weighted by Gasteiger charge is 2.48. The molecule has 0 radical (unpaired) electrons. The molecule has 1 saturated heterocycles. The number of nitrogens with zero attached hydrogens (tertiary/aromatic N) is 2. The zero-order chi connectivity index (χ0) is 26.9. The van der Waals surface area contributed by atoms with Gasteiger partial charge in [0.1, 0.15) is 12.0 Å². The standard InChI is InChI=1S/C31H33ClN2O4/c1-30(2)21-33(17-14-31(30,36)23-8-10-24(32)11-9-23)15-3-5-25-26-6-4-16-34(37)28(26)20-38-29-12-7-22(13-18-35)19-27(25)29/h4-12,16,18-19,36H,3,13-15,17,20-21H2,1-2H3. The molecule has 1 atom stereocenters. The molecule has 3 heterocycles. The van der Waals surface area contributed by atoms with Crippen molar-refractivity contribution >= 4 is 23.5 Å². The Morgan fingerprint density at radius 3 is 2.68 bits per heavy atom. The predicted molar refractivity (Wildman–Crippen MR) is 148 cm³/mol. The highest BCUT2D eigenvalue weighted by molar-refractivity contribution is 6.30. The van der Waals surface area contributed by atoms with Crippen LogP contribution in [0.2, 0.25) is 5.02 Å². The number of fused-ring (bicyclic) bond motifs is 2. The molecule has 198 valence electrons. The fourth-order valence-corrected chi connectivity index (χ4v) is 5.95. The molecule has 7 heteroatoms. The van der Waals surface area contributed by atoms with Crippen molar-refractivity contribution in [3.63, 3.8) is 0 Å². The lowest BCUT2D eigenvalue weighted by Gasteiger charge is -2.50. The number of aromatic nitrogens is 1. The highest BCUT2D eigenvalue weighted by atomic mass is 35.5. The molecule has 38 heavy (non-hydrogen) atoms. The van der Waals surface area contributed by atoms with Crippen LogP contribution < -0.4 is 9.47 Å². The van der Waals surface area contributed by atoms with Gasteiger partial charge in [-0.2, -0.15) is 4.73 Å². The van der Waals surface area contributed by atoms with Crippen LogP contribution in [0.4, 0.5) is 0 Å². The molecule has 6 nitrogen and oxygen atoms in total. The van der Waals surface area contributed by atoms with Crippen LogP contribution in [0.15, 0.2) is 66.9 Å². The minimum absolute atomic E-state index is 0.181. The maximum absolute atomic E-state index is 12.6. The Morgan fingerprint density at radius 2 is 1.95 bits per heavy atom. The highest BCUT2D eigenvalue weighted by Crippen LogP contribution is 2.46. The monoisotopic (exact) mass is 532 g/mol. The molecule has 1 fully saturated rings. The Balaban J connectivity index is 1.39. The molecule has 2 aliphatic rings. The van der Waals surface area contributed by atoms with Gasteiger partial charge in [0.25, 0.3) is 0 Å². The summed E-state index contributed by atoms with van der Waals surface area (Å²) in [6.45, 7) is 6.74. The molecule has 0 saturated carbocycles. The average Bonchev–Trinajstić information content (AvgIpc) is 3.04. The summed E-state index contributed by atoms with van der Waals surface area (Å²) in [4.78, 5) is 13.6. The van der Waals surface area contributed by atoms with Gasteiger partial charge in [-0.05, 0) is 59.9 Å². The summed E-state index contributed by atoms with van der Waals surface area (Å²) in [5, 5.41) is 25.0. The number of piperidine rings is 1. The number of likely N-dealkylation sites (tertiary alicyclic amines) is 1. The van der Waals surface area contributed by atoms with E-state index in [4.69, 9.17) is 16.3 Å². The van der Waals surface area contributed by atoms with E-state index in [1.807, 2.05) is 48.5 Å². The molecule has 2 aromatic carbocycles. The van der Waals surface area contributed by atoms with Gasteiger partial charge in [-0.1, -0.05) is 49.7 Å². The first-order valence-electron chi connectivity index (χ1n) is 13.0. The van der Waals surface area contributed by atoms with Crippen LogP contribution in [0.1, 0.15) is 54.6 Å². The van der Waals surface area contributed by atoms with Gasteiger partial charge in [0, 0.05) is 48.1 Å². The zero-order valence-electron chi connectivity index (χ0n) is 21.8. The molecule has 1 aromatic heterocycles. The molecular formula is C31H33ClN2O4. The lowest BCUT2D eigenvalue weighted by molar-refractivity contribution is -0.616. The SMILES string of the molecule is CC1(C)CN(CCC=C2c3cc(CC=O)ccc3OCc3c2ccc[n+]3[O-])CCC1(O)c1ccc(Cl)cc1. The van der Waals surface area contributed by atoms with Crippen LogP contribution in [0, 0.1) is 10.6 Å². The molecule has 1 unspecified atom stereocenters. The van der Waals surface area contributed by atoms with Gasteiger partial charge in [-0.15, -0.1) is 0 Å². The number of aldehydes is 1. The number of ether oxygens (including phenoxy) is 1. The second-order valence-electron chi connectivity index (χ2n) is 10.9. The van der Waals surface area contributed by atoms with Crippen molar-refractivity contribution in [2.75, 3.05) is 19.6 Å². The van der Waals surface area contributed by atoms with E-state index in [-0.39, 0.29) is 12.0 Å². The fourth-order valence-electron chi connectivity index (χ4n) is 5.83. The van der Waals surface area contributed by atoms with Gasteiger partial charge in [0.15, 0.2) is 12.8 Å². The number of benzene rings is 2. The fraction of sp³-hybridized carbons (Fsp3) is 0.355. The van der Waals surface area contributed by atoms with Gasteiger partial charge >= 0.3 is 0 Å². The summed E-state index contributed by atoms with van der Waals surface area (Å²) in [6.07, 6.45) is 6.27. The van der Waals surface area contributed by atoms with Crippen LogP contribution >= 0.6 is 11.6 Å². The van der Waals surface area contributed by atoms with Crippen LogP contribution in [0.5, 0.6) is 5.75 Å². The second-order valence-corrected chi connectivity index (χ2v) is 11.3.